The third-order valence-electron chi connectivity index (χ3n) is 3.27. The van der Waals surface area contributed by atoms with Crippen LogP contribution in [-0.4, -0.2) is 10.7 Å². The Balaban J connectivity index is 2.11. The Kier molecular flexibility index (Phi) is 2.59. The van der Waals surface area contributed by atoms with Gasteiger partial charge in [-0.15, -0.1) is 0 Å². The summed E-state index contributed by atoms with van der Waals surface area (Å²) in [5, 5.41) is 10.2. The van der Waals surface area contributed by atoms with Crippen LogP contribution in [0, 0.1) is 19.8 Å². The number of hydrogen-bond donors (Lipinski definition) is 1. The van der Waals surface area contributed by atoms with Crippen molar-refractivity contribution in [1.29, 1.82) is 0 Å². The maximum atomic E-state index is 10.2. The SMILES string of the molecule is Cc1cc(C)cc(CC2(O)CC(C)C2)c1. The van der Waals surface area contributed by atoms with Crippen LogP contribution in [-0.2, 0) is 6.42 Å². The monoisotopic (exact) mass is 204 g/mol. The molecule has 0 saturated heterocycles. The highest BCUT2D eigenvalue weighted by Gasteiger charge is 2.39. The second-order valence-corrected chi connectivity index (χ2v) is 5.41. The number of hydrogen-bond acceptors (Lipinski definition) is 1. The molecule has 0 amide bonds. The highest BCUT2D eigenvalue weighted by atomic mass is 16.3. The van der Waals surface area contributed by atoms with Crippen LogP contribution in [0.1, 0.15) is 36.5 Å². The number of aliphatic hydroxyl groups is 1. The molecule has 0 aromatic heterocycles. The van der Waals surface area contributed by atoms with Gasteiger partial charge in [0.25, 0.3) is 0 Å². The number of rotatable bonds is 2. The lowest BCUT2D eigenvalue weighted by molar-refractivity contribution is -0.0665. The third kappa shape index (κ3) is 2.40. The summed E-state index contributed by atoms with van der Waals surface area (Å²) in [7, 11) is 0. The number of aryl methyl sites for hydroxylation is 2. The van der Waals surface area contributed by atoms with Gasteiger partial charge in [0.15, 0.2) is 0 Å². The zero-order valence-electron chi connectivity index (χ0n) is 9.88. The molecule has 1 aliphatic rings. The van der Waals surface area contributed by atoms with Gasteiger partial charge in [-0.2, -0.15) is 0 Å². The quantitative estimate of drug-likeness (QED) is 0.785. The summed E-state index contributed by atoms with van der Waals surface area (Å²) in [5.41, 5.74) is 3.45. The summed E-state index contributed by atoms with van der Waals surface area (Å²) < 4.78 is 0. The van der Waals surface area contributed by atoms with Crippen molar-refractivity contribution in [1.82, 2.24) is 0 Å². The van der Waals surface area contributed by atoms with Gasteiger partial charge in [0.1, 0.15) is 0 Å². The van der Waals surface area contributed by atoms with E-state index in [-0.39, 0.29) is 0 Å². The molecule has 0 spiro atoms. The predicted molar refractivity (Wildman–Crippen MR) is 63.0 cm³/mol. The molecule has 1 nitrogen and oxygen atoms in total. The normalized spacial score (nSPS) is 30.0. The topological polar surface area (TPSA) is 20.2 Å². The smallest absolute Gasteiger partial charge is 0.0693 e. The van der Waals surface area contributed by atoms with E-state index in [1.807, 2.05) is 0 Å². The van der Waals surface area contributed by atoms with Crippen LogP contribution in [0.25, 0.3) is 0 Å². The van der Waals surface area contributed by atoms with E-state index in [1.165, 1.54) is 16.7 Å². The lowest BCUT2D eigenvalue weighted by Crippen LogP contribution is -2.44. The highest BCUT2D eigenvalue weighted by Crippen LogP contribution is 2.39. The van der Waals surface area contributed by atoms with E-state index < -0.39 is 5.60 Å². The van der Waals surface area contributed by atoms with E-state index in [0.717, 1.165) is 19.3 Å². The van der Waals surface area contributed by atoms with Crippen molar-refractivity contribution in [2.75, 3.05) is 0 Å². The molecule has 1 saturated carbocycles. The summed E-state index contributed by atoms with van der Waals surface area (Å²) in [6.07, 6.45) is 2.74. The maximum Gasteiger partial charge on any atom is 0.0693 e. The zero-order valence-corrected chi connectivity index (χ0v) is 9.88. The van der Waals surface area contributed by atoms with Gasteiger partial charge in [-0.3, -0.25) is 0 Å². The Morgan fingerprint density at radius 3 is 2.20 bits per heavy atom. The first-order valence-electron chi connectivity index (χ1n) is 5.76. The molecule has 2 rings (SSSR count). The lowest BCUT2D eigenvalue weighted by Gasteiger charge is -2.42. The van der Waals surface area contributed by atoms with E-state index >= 15 is 0 Å². The van der Waals surface area contributed by atoms with Gasteiger partial charge in [-0.05, 0) is 38.2 Å². The molecule has 1 N–H and O–H groups in total. The van der Waals surface area contributed by atoms with Gasteiger partial charge in [0.2, 0.25) is 0 Å². The molecule has 1 aromatic rings. The van der Waals surface area contributed by atoms with Gasteiger partial charge >= 0.3 is 0 Å². The third-order valence-corrected chi connectivity index (χ3v) is 3.27. The van der Waals surface area contributed by atoms with Crippen molar-refractivity contribution < 1.29 is 5.11 Å². The molecule has 1 heteroatoms. The van der Waals surface area contributed by atoms with Crippen LogP contribution in [0.2, 0.25) is 0 Å². The molecule has 0 heterocycles. The van der Waals surface area contributed by atoms with E-state index in [0.29, 0.717) is 5.92 Å². The van der Waals surface area contributed by atoms with Crippen molar-refractivity contribution in [2.24, 2.45) is 5.92 Å². The predicted octanol–water partition coefficient (Wildman–Crippen LogP) is 3.01. The van der Waals surface area contributed by atoms with Crippen molar-refractivity contribution in [3.05, 3.63) is 34.9 Å². The first-order chi connectivity index (χ1) is 6.97. The Morgan fingerprint density at radius 1 is 1.20 bits per heavy atom. The standard InChI is InChI=1S/C14H20O/c1-10-4-11(2)6-13(5-10)9-14(15)7-12(3)8-14/h4-6,12,15H,7-9H2,1-3H3. The molecular weight excluding hydrogens is 184 g/mol. The average Bonchev–Trinajstić information content (AvgIpc) is 1.97. The van der Waals surface area contributed by atoms with Crippen molar-refractivity contribution >= 4 is 0 Å². The van der Waals surface area contributed by atoms with Crippen molar-refractivity contribution in [3.8, 4) is 0 Å². The Bertz CT molecular complexity index is 341. The first-order valence-corrected chi connectivity index (χ1v) is 5.76. The lowest BCUT2D eigenvalue weighted by atomic mass is 9.69. The van der Waals surface area contributed by atoms with E-state index in [9.17, 15) is 5.11 Å². The fourth-order valence-corrected chi connectivity index (χ4v) is 2.93. The zero-order chi connectivity index (χ0) is 11.1. The molecular formula is C14H20O. The maximum absolute atomic E-state index is 10.2. The highest BCUT2D eigenvalue weighted by molar-refractivity contribution is 5.30. The molecule has 0 aliphatic heterocycles. The molecule has 0 unspecified atom stereocenters. The fourth-order valence-electron chi connectivity index (χ4n) is 2.93. The largest absolute Gasteiger partial charge is 0.390 e. The molecule has 82 valence electrons. The minimum Gasteiger partial charge on any atom is -0.390 e. The molecule has 1 fully saturated rings. The average molecular weight is 204 g/mol. The molecule has 15 heavy (non-hydrogen) atoms. The van der Waals surface area contributed by atoms with E-state index in [4.69, 9.17) is 0 Å². The molecule has 0 bridgehead atoms. The summed E-state index contributed by atoms with van der Waals surface area (Å²) in [4.78, 5) is 0. The molecule has 0 atom stereocenters. The van der Waals surface area contributed by atoms with E-state index in [2.05, 4.69) is 39.0 Å². The fraction of sp³-hybridized carbons (Fsp3) is 0.571. The first kappa shape index (κ1) is 10.7. The van der Waals surface area contributed by atoms with Crippen LogP contribution in [0.5, 0.6) is 0 Å². The molecule has 1 aliphatic carbocycles. The van der Waals surface area contributed by atoms with Crippen LogP contribution in [0.15, 0.2) is 18.2 Å². The van der Waals surface area contributed by atoms with Crippen LogP contribution in [0.3, 0.4) is 0 Å². The minimum atomic E-state index is -0.417. The van der Waals surface area contributed by atoms with Crippen LogP contribution >= 0.6 is 0 Å². The second kappa shape index (κ2) is 3.64. The van der Waals surface area contributed by atoms with Gasteiger partial charge in [-0.25, -0.2) is 0 Å². The van der Waals surface area contributed by atoms with Crippen LogP contribution in [0.4, 0.5) is 0 Å². The summed E-state index contributed by atoms with van der Waals surface area (Å²) >= 11 is 0. The minimum absolute atomic E-state index is 0.417. The Morgan fingerprint density at radius 2 is 1.73 bits per heavy atom. The summed E-state index contributed by atoms with van der Waals surface area (Å²) in [6, 6.07) is 6.55. The summed E-state index contributed by atoms with van der Waals surface area (Å²) in [6.45, 7) is 6.43. The Hall–Kier alpha value is -0.820. The van der Waals surface area contributed by atoms with Crippen molar-refractivity contribution in [3.63, 3.8) is 0 Å². The molecule has 0 radical (unpaired) electrons. The van der Waals surface area contributed by atoms with E-state index in [1.54, 1.807) is 0 Å². The van der Waals surface area contributed by atoms with Gasteiger partial charge < -0.3 is 5.11 Å². The van der Waals surface area contributed by atoms with Crippen LogP contribution < -0.4 is 0 Å². The summed E-state index contributed by atoms with van der Waals surface area (Å²) in [5.74, 6) is 0.695. The van der Waals surface area contributed by atoms with Gasteiger partial charge in [0.05, 0.1) is 5.60 Å². The van der Waals surface area contributed by atoms with Gasteiger partial charge in [-0.1, -0.05) is 36.2 Å². The second-order valence-electron chi connectivity index (χ2n) is 5.41. The van der Waals surface area contributed by atoms with Gasteiger partial charge in [0, 0.05) is 6.42 Å². The molecule has 1 aromatic carbocycles. The van der Waals surface area contributed by atoms with Crippen molar-refractivity contribution in [2.45, 2.75) is 45.6 Å². The Labute approximate surface area is 92.1 Å². The number of benzene rings is 1.